The van der Waals surface area contributed by atoms with Crippen molar-refractivity contribution in [3.05, 3.63) is 70.9 Å². The summed E-state index contributed by atoms with van der Waals surface area (Å²) in [6.07, 6.45) is 3.57. The van der Waals surface area contributed by atoms with E-state index in [-0.39, 0.29) is 18.3 Å². The van der Waals surface area contributed by atoms with Gasteiger partial charge in [0, 0.05) is 25.4 Å². The third kappa shape index (κ3) is 4.29. The predicted octanol–water partition coefficient (Wildman–Crippen LogP) is 3.14. The molecule has 0 bridgehead atoms. The molecule has 3 aromatic rings. The largest absolute Gasteiger partial charge is 0.485 e. The molecule has 0 saturated carbocycles. The second kappa shape index (κ2) is 7.25. The number of rotatable bonds is 6. The van der Waals surface area contributed by atoms with Gasteiger partial charge in [-0.1, -0.05) is 12.1 Å². The summed E-state index contributed by atoms with van der Waals surface area (Å²) in [5.74, 6) is 1.43. The predicted molar refractivity (Wildman–Crippen MR) is 93.3 cm³/mol. The minimum Gasteiger partial charge on any atom is -0.485 e. The van der Waals surface area contributed by atoms with Crippen molar-refractivity contribution in [3.63, 3.8) is 0 Å². The first-order valence-electron chi connectivity index (χ1n) is 8.06. The molecule has 0 aliphatic rings. The number of nitrogens with zero attached hydrogens (tertiary/aromatic N) is 2. The molecule has 2 heterocycles. The monoisotopic (exact) mass is 339 g/mol. The van der Waals surface area contributed by atoms with Crippen LogP contribution in [0.2, 0.25) is 0 Å². The molecule has 1 N–H and O–H groups in total. The zero-order valence-electron chi connectivity index (χ0n) is 14.6. The normalized spacial score (nSPS) is 10.7. The zero-order chi connectivity index (χ0) is 17.8. The Morgan fingerprint density at radius 2 is 2.12 bits per heavy atom. The molecule has 0 aliphatic carbocycles. The molecule has 3 rings (SSSR count). The number of ether oxygens (including phenoxy) is 1. The Morgan fingerprint density at radius 3 is 2.88 bits per heavy atom. The van der Waals surface area contributed by atoms with Crippen molar-refractivity contribution in [2.45, 2.75) is 27.0 Å². The molecule has 0 aliphatic heterocycles. The van der Waals surface area contributed by atoms with Gasteiger partial charge in [0.1, 0.15) is 18.1 Å². The number of carbonyl (C=O) groups excluding carboxylic acids is 1. The number of furan rings is 1. The average Bonchev–Trinajstić information content (AvgIpc) is 3.22. The van der Waals surface area contributed by atoms with E-state index < -0.39 is 0 Å². The van der Waals surface area contributed by atoms with E-state index in [9.17, 15) is 4.79 Å². The molecule has 0 atom stereocenters. The molecule has 0 spiro atoms. The van der Waals surface area contributed by atoms with Gasteiger partial charge >= 0.3 is 0 Å². The molecular weight excluding hydrogens is 318 g/mol. The van der Waals surface area contributed by atoms with Crippen LogP contribution in [-0.2, 0) is 20.2 Å². The lowest BCUT2D eigenvalue weighted by atomic mass is 10.1. The number of hydrogen-bond acceptors (Lipinski definition) is 4. The maximum Gasteiger partial charge on any atom is 0.287 e. The molecule has 1 amide bonds. The molecule has 0 radical (unpaired) electrons. The van der Waals surface area contributed by atoms with E-state index in [1.807, 2.05) is 45.3 Å². The lowest BCUT2D eigenvalue weighted by Gasteiger charge is -2.08. The lowest BCUT2D eigenvalue weighted by Crippen LogP contribution is -2.22. The van der Waals surface area contributed by atoms with Crippen molar-refractivity contribution in [1.29, 1.82) is 0 Å². The van der Waals surface area contributed by atoms with Gasteiger partial charge in [-0.2, -0.15) is 5.10 Å². The highest BCUT2D eigenvalue weighted by atomic mass is 16.5. The Kier molecular flexibility index (Phi) is 4.88. The van der Waals surface area contributed by atoms with Gasteiger partial charge in [-0.15, -0.1) is 0 Å². The molecule has 1 aromatic carbocycles. The number of aromatic nitrogens is 2. The third-order valence-electron chi connectivity index (χ3n) is 3.81. The molecule has 25 heavy (non-hydrogen) atoms. The van der Waals surface area contributed by atoms with Crippen LogP contribution < -0.4 is 10.1 Å². The molecule has 6 nitrogen and oxygen atoms in total. The Morgan fingerprint density at radius 1 is 1.28 bits per heavy atom. The molecule has 0 saturated heterocycles. The summed E-state index contributed by atoms with van der Waals surface area (Å²) in [6, 6.07) is 9.45. The molecule has 2 aromatic heterocycles. The average molecular weight is 339 g/mol. The summed E-state index contributed by atoms with van der Waals surface area (Å²) in [5.41, 5.74) is 3.13. The van der Waals surface area contributed by atoms with Gasteiger partial charge in [0.15, 0.2) is 5.76 Å². The van der Waals surface area contributed by atoms with Crippen LogP contribution in [0.1, 0.15) is 33.0 Å². The number of aryl methyl sites for hydroxylation is 3. The van der Waals surface area contributed by atoms with Crippen LogP contribution in [0.15, 0.2) is 47.1 Å². The Bertz CT molecular complexity index is 880. The van der Waals surface area contributed by atoms with Gasteiger partial charge in [-0.05, 0) is 43.2 Å². The lowest BCUT2D eigenvalue weighted by molar-refractivity contribution is 0.0919. The Balaban J connectivity index is 1.56. The second-order valence-electron chi connectivity index (χ2n) is 6.03. The first-order valence-corrected chi connectivity index (χ1v) is 8.06. The highest BCUT2D eigenvalue weighted by Crippen LogP contribution is 2.21. The van der Waals surface area contributed by atoms with Gasteiger partial charge in [-0.3, -0.25) is 9.48 Å². The van der Waals surface area contributed by atoms with Gasteiger partial charge in [-0.25, -0.2) is 0 Å². The number of carbonyl (C=O) groups is 1. The van der Waals surface area contributed by atoms with E-state index in [1.165, 1.54) is 0 Å². The fourth-order valence-electron chi connectivity index (χ4n) is 2.42. The van der Waals surface area contributed by atoms with Gasteiger partial charge in [0.05, 0.1) is 6.20 Å². The van der Waals surface area contributed by atoms with Crippen molar-refractivity contribution in [3.8, 4) is 5.75 Å². The van der Waals surface area contributed by atoms with E-state index in [4.69, 9.17) is 9.15 Å². The van der Waals surface area contributed by atoms with Crippen molar-refractivity contribution in [1.82, 2.24) is 15.1 Å². The highest BCUT2D eigenvalue weighted by molar-refractivity contribution is 5.91. The van der Waals surface area contributed by atoms with Crippen molar-refractivity contribution in [2.75, 3.05) is 0 Å². The summed E-state index contributed by atoms with van der Waals surface area (Å²) in [7, 11) is 1.83. The van der Waals surface area contributed by atoms with Crippen LogP contribution in [0.4, 0.5) is 0 Å². The summed E-state index contributed by atoms with van der Waals surface area (Å²) >= 11 is 0. The topological polar surface area (TPSA) is 69.3 Å². The molecule has 0 fully saturated rings. The van der Waals surface area contributed by atoms with Gasteiger partial charge < -0.3 is 14.5 Å². The van der Waals surface area contributed by atoms with E-state index in [2.05, 4.69) is 10.4 Å². The number of hydrogen-bond donors (Lipinski definition) is 1. The first kappa shape index (κ1) is 16.8. The minimum atomic E-state index is -0.262. The zero-order valence-corrected chi connectivity index (χ0v) is 14.6. The van der Waals surface area contributed by atoms with Crippen LogP contribution in [-0.4, -0.2) is 15.7 Å². The SMILES string of the molecule is Cc1ccc(C)c(OCc2ccc(C(=O)NCc3cnn(C)c3)o2)c1. The quantitative estimate of drug-likeness (QED) is 0.749. The van der Waals surface area contributed by atoms with Gasteiger partial charge in [0.2, 0.25) is 0 Å². The molecule has 0 unspecified atom stereocenters. The van der Waals surface area contributed by atoms with Crippen molar-refractivity contribution >= 4 is 5.91 Å². The van der Waals surface area contributed by atoms with Crippen LogP contribution in [0.25, 0.3) is 0 Å². The maximum atomic E-state index is 12.1. The summed E-state index contributed by atoms with van der Waals surface area (Å²) < 4.78 is 13.1. The standard InChI is InChI=1S/C19H21N3O3/c1-13-4-5-14(2)18(8-13)24-12-16-6-7-17(25-16)19(23)20-9-15-10-21-22(3)11-15/h4-8,10-11H,9,12H2,1-3H3,(H,20,23). The van der Waals surface area contributed by atoms with E-state index >= 15 is 0 Å². The van der Waals surface area contributed by atoms with Crippen molar-refractivity contribution < 1.29 is 13.9 Å². The van der Waals surface area contributed by atoms with Gasteiger partial charge in [0.25, 0.3) is 5.91 Å². The number of nitrogens with one attached hydrogen (secondary N) is 1. The highest BCUT2D eigenvalue weighted by Gasteiger charge is 2.12. The van der Waals surface area contributed by atoms with Crippen LogP contribution in [0.3, 0.4) is 0 Å². The second-order valence-corrected chi connectivity index (χ2v) is 6.03. The smallest absolute Gasteiger partial charge is 0.287 e. The Labute approximate surface area is 146 Å². The Hall–Kier alpha value is -3.02. The fraction of sp³-hybridized carbons (Fsp3) is 0.263. The summed E-state index contributed by atoms with van der Waals surface area (Å²) in [6.45, 7) is 4.69. The molecule has 6 heteroatoms. The fourth-order valence-corrected chi connectivity index (χ4v) is 2.42. The summed E-state index contributed by atoms with van der Waals surface area (Å²) in [4.78, 5) is 12.1. The van der Waals surface area contributed by atoms with E-state index in [0.29, 0.717) is 12.3 Å². The van der Waals surface area contributed by atoms with Crippen LogP contribution in [0, 0.1) is 13.8 Å². The summed E-state index contributed by atoms with van der Waals surface area (Å²) in [5, 5.41) is 6.87. The maximum absolute atomic E-state index is 12.1. The number of benzene rings is 1. The van der Waals surface area contributed by atoms with Crippen LogP contribution >= 0.6 is 0 Å². The third-order valence-corrected chi connectivity index (χ3v) is 3.81. The first-order chi connectivity index (χ1) is 12.0. The van der Waals surface area contributed by atoms with E-state index in [1.54, 1.807) is 23.0 Å². The number of amides is 1. The van der Waals surface area contributed by atoms with E-state index in [0.717, 1.165) is 22.4 Å². The minimum absolute atomic E-state index is 0.262. The van der Waals surface area contributed by atoms with Crippen molar-refractivity contribution in [2.24, 2.45) is 7.05 Å². The molecular formula is C19H21N3O3. The van der Waals surface area contributed by atoms with Crippen LogP contribution in [0.5, 0.6) is 5.75 Å². The molecule has 130 valence electrons.